The Hall–Kier alpha value is -2.31. The van der Waals surface area contributed by atoms with E-state index < -0.39 is 5.91 Å². The van der Waals surface area contributed by atoms with Crippen LogP contribution >= 0.6 is 0 Å². The van der Waals surface area contributed by atoms with E-state index in [2.05, 4.69) is 30.9 Å². The first kappa shape index (κ1) is 9.25. The maximum absolute atomic E-state index is 11.5. The van der Waals surface area contributed by atoms with E-state index in [0.717, 1.165) is 5.56 Å². The van der Waals surface area contributed by atoms with Crippen LogP contribution in [0.2, 0.25) is 0 Å². The number of rotatable bonds is 2. The molecule has 7 heteroatoms. The fourth-order valence-electron chi connectivity index (χ4n) is 1.03. The molecule has 2 aromatic heterocycles. The van der Waals surface area contributed by atoms with Crippen LogP contribution in [-0.2, 0) is 0 Å². The molecule has 7 nitrogen and oxygen atoms in total. The van der Waals surface area contributed by atoms with Gasteiger partial charge in [-0.25, -0.2) is 0 Å². The molecule has 0 unspecified atom stereocenters. The van der Waals surface area contributed by atoms with Crippen LogP contribution in [0, 0.1) is 6.92 Å². The molecule has 0 aromatic carbocycles. The smallest absolute Gasteiger partial charge is 0.297 e. The fraction of sp³-hybridized carbons (Fsp3) is 0.125. The molecular weight excluding hydrogens is 196 g/mol. The normalized spacial score (nSPS) is 9.93. The predicted octanol–water partition coefficient (Wildman–Crippen LogP) is 0.155. The Balaban J connectivity index is 2.17. The van der Waals surface area contributed by atoms with Crippen molar-refractivity contribution in [2.24, 2.45) is 0 Å². The second kappa shape index (κ2) is 3.82. The maximum atomic E-state index is 11.5. The van der Waals surface area contributed by atoms with Crippen molar-refractivity contribution >= 4 is 11.6 Å². The van der Waals surface area contributed by atoms with E-state index in [1.807, 2.05) is 6.92 Å². The Morgan fingerprint density at radius 3 is 3.07 bits per heavy atom. The summed E-state index contributed by atoms with van der Waals surface area (Å²) in [5.74, 6) is -0.418. The minimum Gasteiger partial charge on any atom is -0.318 e. The molecule has 0 saturated carbocycles. The number of nitrogens with zero attached hydrogens (tertiary/aromatic N) is 4. The first-order valence-corrected chi connectivity index (χ1v) is 4.23. The number of hydrogen-bond donors (Lipinski definition) is 2. The van der Waals surface area contributed by atoms with Gasteiger partial charge in [0.2, 0.25) is 0 Å². The number of nitrogens with one attached hydrogen (secondary N) is 2. The number of hydrogen-bond acceptors (Lipinski definition) is 5. The summed E-state index contributed by atoms with van der Waals surface area (Å²) >= 11 is 0. The van der Waals surface area contributed by atoms with Gasteiger partial charge in [0.05, 0.1) is 11.9 Å². The minimum absolute atomic E-state index is 0.00162. The van der Waals surface area contributed by atoms with Crippen LogP contribution in [0.5, 0.6) is 0 Å². The molecule has 2 aromatic rings. The van der Waals surface area contributed by atoms with Gasteiger partial charge in [-0.05, 0) is 23.8 Å². The molecule has 0 spiro atoms. The highest BCUT2D eigenvalue weighted by molar-refractivity contribution is 6.01. The Kier molecular flexibility index (Phi) is 2.36. The summed E-state index contributed by atoms with van der Waals surface area (Å²) in [6.07, 6.45) is 3.21. The van der Waals surface area contributed by atoms with Gasteiger partial charge in [-0.3, -0.25) is 9.78 Å². The number of tetrazole rings is 1. The van der Waals surface area contributed by atoms with Crippen LogP contribution in [0.4, 0.5) is 5.69 Å². The molecule has 1 amide bonds. The molecule has 0 atom stereocenters. The summed E-state index contributed by atoms with van der Waals surface area (Å²) in [5.41, 5.74) is 1.55. The van der Waals surface area contributed by atoms with Crippen LogP contribution in [0.25, 0.3) is 0 Å². The topological polar surface area (TPSA) is 96.5 Å². The molecule has 15 heavy (non-hydrogen) atoms. The third-order valence-electron chi connectivity index (χ3n) is 1.84. The molecular formula is C8H8N6O. The van der Waals surface area contributed by atoms with Gasteiger partial charge in [0, 0.05) is 6.20 Å². The third-order valence-corrected chi connectivity index (χ3v) is 1.84. The highest BCUT2D eigenvalue weighted by Crippen LogP contribution is 2.11. The zero-order valence-corrected chi connectivity index (χ0v) is 7.93. The van der Waals surface area contributed by atoms with Crippen molar-refractivity contribution in [3.05, 3.63) is 29.8 Å². The molecule has 0 aliphatic rings. The van der Waals surface area contributed by atoms with Crippen LogP contribution in [0.3, 0.4) is 0 Å². The number of anilines is 1. The molecule has 0 aliphatic heterocycles. The predicted molar refractivity (Wildman–Crippen MR) is 51.1 cm³/mol. The van der Waals surface area contributed by atoms with Crippen molar-refractivity contribution < 1.29 is 4.79 Å². The van der Waals surface area contributed by atoms with Crippen molar-refractivity contribution in [1.82, 2.24) is 25.6 Å². The van der Waals surface area contributed by atoms with Gasteiger partial charge in [0.1, 0.15) is 0 Å². The van der Waals surface area contributed by atoms with Gasteiger partial charge in [-0.2, -0.15) is 5.21 Å². The van der Waals surface area contributed by atoms with Crippen molar-refractivity contribution in [3.63, 3.8) is 0 Å². The van der Waals surface area contributed by atoms with E-state index in [0.29, 0.717) is 5.69 Å². The SMILES string of the molecule is Cc1ccncc1NC(=O)c1nn[nH]n1. The van der Waals surface area contributed by atoms with Gasteiger partial charge in [-0.1, -0.05) is 0 Å². The quantitative estimate of drug-likeness (QED) is 0.726. The lowest BCUT2D eigenvalue weighted by atomic mass is 10.2. The Morgan fingerprint density at radius 2 is 2.40 bits per heavy atom. The van der Waals surface area contributed by atoms with E-state index >= 15 is 0 Å². The summed E-state index contributed by atoms with van der Waals surface area (Å²) in [7, 11) is 0. The van der Waals surface area contributed by atoms with Gasteiger partial charge in [0.15, 0.2) is 0 Å². The Labute approximate surface area is 84.9 Å². The number of aromatic nitrogens is 5. The van der Waals surface area contributed by atoms with Crippen LogP contribution < -0.4 is 5.32 Å². The summed E-state index contributed by atoms with van der Waals surface area (Å²) in [5, 5.41) is 15.2. The number of pyridine rings is 1. The molecule has 0 radical (unpaired) electrons. The number of amides is 1. The number of carbonyl (C=O) groups excluding carboxylic acids is 1. The molecule has 2 heterocycles. The number of carbonyl (C=O) groups is 1. The minimum atomic E-state index is -0.417. The first-order chi connectivity index (χ1) is 7.27. The first-order valence-electron chi connectivity index (χ1n) is 4.23. The Morgan fingerprint density at radius 1 is 1.53 bits per heavy atom. The molecule has 0 fully saturated rings. The van der Waals surface area contributed by atoms with Gasteiger partial charge in [-0.15, -0.1) is 10.2 Å². The van der Waals surface area contributed by atoms with Crippen molar-refractivity contribution in [3.8, 4) is 0 Å². The lowest BCUT2D eigenvalue weighted by Crippen LogP contribution is -2.14. The number of aromatic amines is 1. The van der Waals surface area contributed by atoms with Crippen LogP contribution in [0.15, 0.2) is 18.5 Å². The zero-order chi connectivity index (χ0) is 10.7. The lowest BCUT2D eigenvalue weighted by Gasteiger charge is -2.04. The molecule has 0 bridgehead atoms. The average molecular weight is 204 g/mol. The van der Waals surface area contributed by atoms with Gasteiger partial charge >= 0.3 is 0 Å². The molecule has 76 valence electrons. The molecule has 0 saturated heterocycles. The standard InChI is InChI=1S/C8H8N6O/c1-5-2-3-9-4-6(5)10-8(15)7-11-13-14-12-7/h2-4H,1H3,(H,10,15)(H,11,12,13,14). The summed E-state index contributed by atoms with van der Waals surface area (Å²) in [4.78, 5) is 15.4. The second-order valence-corrected chi connectivity index (χ2v) is 2.88. The number of aryl methyl sites for hydroxylation is 1. The zero-order valence-electron chi connectivity index (χ0n) is 7.93. The van der Waals surface area contributed by atoms with Crippen molar-refractivity contribution in [2.45, 2.75) is 6.92 Å². The summed E-state index contributed by atoms with van der Waals surface area (Å²) in [6, 6.07) is 1.80. The third kappa shape index (κ3) is 1.96. The lowest BCUT2D eigenvalue weighted by molar-refractivity contribution is 0.101. The summed E-state index contributed by atoms with van der Waals surface area (Å²) < 4.78 is 0. The van der Waals surface area contributed by atoms with Crippen LogP contribution in [0.1, 0.15) is 16.2 Å². The van der Waals surface area contributed by atoms with E-state index in [1.54, 1.807) is 18.5 Å². The molecule has 2 rings (SSSR count). The van der Waals surface area contributed by atoms with Crippen molar-refractivity contribution in [1.29, 1.82) is 0 Å². The Bertz CT molecular complexity index is 466. The summed E-state index contributed by atoms with van der Waals surface area (Å²) in [6.45, 7) is 1.87. The number of H-pyrrole nitrogens is 1. The van der Waals surface area contributed by atoms with E-state index in [1.165, 1.54) is 0 Å². The van der Waals surface area contributed by atoms with Gasteiger partial charge in [0.25, 0.3) is 11.7 Å². The molecule has 2 N–H and O–H groups in total. The van der Waals surface area contributed by atoms with Crippen LogP contribution in [-0.4, -0.2) is 31.5 Å². The maximum Gasteiger partial charge on any atom is 0.297 e. The fourth-order valence-corrected chi connectivity index (χ4v) is 1.03. The average Bonchev–Trinajstić information content (AvgIpc) is 2.74. The highest BCUT2D eigenvalue weighted by Gasteiger charge is 2.11. The largest absolute Gasteiger partial charge is 0.318 e. The van der Waals surface area contributed by atoms with Gasteiger partial charge < -0.3 is 5.32 Å². The van der Waals surface area contributed by atoms with E-state index in [-0.39, 0.29) is 5.82 Å². The second-order valence-electron chi connectivity index (χ2n) is 2.88. The monoisotopic (exact) mass is 204 g/mol. The van der Waals surface area contributed by atoms with Crippen molar-refractivity contribution in [2.75, 3.05) is 5.32 Å². The highest BCUT2D eigenvalue weighted by atomic mass is 16.2. The van der Waals surface area contributed by atoms with E-state index in [9.17, 15) is 4.79 Å². The molecule has 0 aliphatic carbocycles. The van der Waals surface area contributed by atoms with E-state index in [4.69, 9.17) is 0 Å².